The highest BCUT2D eigenvalue weighted by Gasteiger charge is 2.52. The molecule has 9 heteroatoms. The minimum atomic E-state index is -1.19. The zero-order valence-corrected chi connectivity index (χ0v) is 19.8. The number of carboxylic acid groups (broad SMARTS) is 1. The van der Waals surface area contributed by atoms with Crippen LogP contribution in [0.3, 0.4) is 0 Å². The van der Waals surface area contributed by atoms with Gasteiger partial charge in [0.1, 0.15) is 12.1 Å². The van der Waals surface area contributed by atoms with E-state index in [2.05, 4.69) is 22.8 Å². The summed E-state index contributed by atoms with van der Waals surface area (Å²) in [6, 6.07) is 18.4. The molecule has 5 rings (SSSR count). The summed E-state index contributed by atoms with van der Waals surface area (Å²) >= 11 is 12.3. The lowest BCUT2D eigenvalue weighted by atomic mass is 9.98. The third kappa shape index (κ3) is 4.33. The zero-order chi connectivity index (χ0) is 24.7. The van der Waals surface area contributed by atoms with E-state index in [1.165, 1.54) is 12.1 Å². The highest BCUT2D eigenvalue weighted by molar-refractivity contribution is 6.40. The molecule has 3 aromatic rings. The Balaban J connectivity index is 1.25. The van der Waals surface area contributed by atoms with Crippen LogP contribution < -0.4 is 10.6 Å². The number of alkyl carbamates (subject to hydrolysis) is 1. The second-order valence-corrected chi connectivity index (χ2v) is 9.42. The van der Waals surface area contributed by atoms with Gasteiger partial charge in [-0.3, -0.25) is 4.79 Å². The predicted octanol–water partition coefficient (Wildman–Crippen LogP) is 5.70. The largest absolute Gasteiger partial charge is 0.478 e. The first-order valence-electron chi connectivity index (χ1n) is 11.0. The molecule has 0 heterocycles. The van der Waals surface area contributed by atoms with Gasteiger partial charge in [0.25, 0.3) is 0 Å². The van der Waals surface area contributed by atoms with Crippen LogP contribution in [0.2, 0.25) is 10.0 Å². The molecule has 0 atom stereocenters. The number of carbonyl (C=O) groups is 3. The van der Waals surface area contributed by atoms with Gasteiger partial charge in [0.05, 0.1) is 21.3 Å². The maximum absolute atomic E-state index is 12.9. The van der Waals surface area contributed by atoms with Crippen molar-refractivity contribution < 1.29 is 24.2 Å². The number of anilines is 1. The lowest BCUT2D eigenvalue weighted by molar-refractivity contribution is -0.119. The summed E-state index contributed by atoms with van der Waals surface area (Å²) < 4.78 is 5.56. The van der Waals surface area contributed by atoms with E-state index in [4.69, 9.17) is 33.0 Å². The van der Waals surface area contributed by atoms with Crippen molar-refractivity contribution in [3.05, 3.63) is 87.4 Å². The van der Waals surface area contributed by atoms with Crippen LogP contribution >= 0.6 is 23.2 Å². The Morgan fingerprint density at radius 1 is 0.943 bits per heavy atom. The van der Waals surface area contributed by atoms with Crippen molar-refractivity contribution in [1.29, 1.82) is 0 Å². The fourth-order valence-corrected chi connectivity index (χ4v) is 4.99. The van der Waals surface area contributed by atoms with Crippen molar-refractivity contribution in [1.82, 2.24) is 5.32 Å². The molecule has 35 heavy (non-hydrogen) atoms. The molecule has 2 aliphatic carbocycles. The molecule has 0 bridgehead atoms. The molecule has 1 saturated carbocycles. The molecule has 2 aliphatic rings. The summed E-state index contributed by atoms with van der Waals surface area (Å²) in [6.45, 7) is 0.131. The van der Waals surface area contributed by atoms with Gasteiger partial charge in [0, 0.05) is 5.92 Å². The fourth-order valence-electron chi connectivity index (χ4n) is 4.41. The Kier molecular flexibility index (Phi) is 5.91. The first-order valence-corrected chi connectivity index (χ1v) is 11.7. The SMILES string of the molecule is O=C(NC1(C(=O)Nc2c(Cl)cc(C(=O)O)cc2Cl)CC1)OCC1c2ccccc2-c2ccccc21. The molecular weight excluding hydrogens is 491 g/mol. The normalized spacial score (nSPS) is 15.0. The Morgan fingerprint density at radius 3 is 2.00 bits per heavy atom. The second kappa shape index (κ2) is 8.91. The molecule has 0 unspecified atom stereocenters. The van der Waals surface area contributed by atoms with E-state index in [1.807, 2.05) is 36.4 Å². The maximum atomic E-state index is 12.9. The molecule has 3 N–H and O–H groups in total. The predicted molar refractivity (Wildman–Crippen MR) is 132 cm³/mol. The molecule has 0 saturated heterocycles. The van der Waals surface area contributed by atoms with Crippen LogP contribution in [-0.4, -0.2) is 35.2 Å². The van der Waals surface area contributed by atoms with Gasteiger partial charge in [-0.05, 0) is 47.2 Å². The topological polar surface area (TPSA) is 105 Å². The van der Waals surface area contributed by atoms with Crippen LogP contribution in [-0.2, 0) is 9.53 Å². The molecule has 0 radical (unpaired) electrons. The summed E-state index contributed by atoms with van der Waals surface area (Å²) in [5.74, 6) is -1.79. The van der Waals surface area contributed by atoms with Crippen LogP contribution in [0.5, 0.6) is 0 Å². The molecule has 3 aromatic carbocycles. The number of hydrogen-bond acceptors (Lipinski definition) is 4. The fraction of sp³-hybridized carbons (Fsp3) is 0.192. The first kappa shape index (κ1) is 23.2. The van der Waals surface area contributed by atoms with E-state index >= 15 is 0 Å². The van der Waals surface area contributed by atoms with Gasteiger partial charge < -0.3 is 20.5 Å². The lowest BCUT2D eigenvalue weighted by Crippen LogP contribution is -2.46. The summed E-state index contributed by atoms with van der Waals surface area (Å²) in [6.07, 6.45) is 0.148. The average Bonchev–Trinajstić information content (AvgIpc) is 3.55. The highest BCUT2D eigenvalue weighted by atomic mass is 35.5. The highest BCUT2D eigenvalue weighted by Crippen LogP contribution is 2.45. The number of carbonyl (C=O) groups excluding carboxylic acids is 2. The number of rotatable bonds is 6. The van der Waals surface area contributed by atoms with Crippen molar-refractivity contribution in [3.63, 3.8) is 0 Å². The van der Waals surface area contributed by atoms with Crippen molar-refractivity contribution in [2.24, 2.45) is 0 Å². The van der Waals surface area contributed by atoms with Crippen molar-refractivity contribution >= 4 is 46.9 Å². The molecular formula is C26H20Cl2N2O5. The van der Waals surface area contributed by atoms with Gasteiger partial charge >= 0.3 is 12.1 Å². The van der Waals surface area contributed by atoms with Crippen molar-refractivity contribution in [2.45, 2.75) is 24.3 Å². The van der Waals surface area contributed by atoms with Gasteiger partial charge in [-0.2, -0.15) is 0 Å². The molecule has 7 nitrogen and oxygen atoms in total. The Labute approximate surface area is 211 Å². The zero-order valence-electron chi connectivity index (χ0n) is 18.3. The van der Waals surface area contributed by atoms with Crippen molar-refractivity contribution in [2.75, 3.05) is 11.9 Å². The van der Waals surface area contributed by atoms with Gasteiger partial charge in [-0.15, -0.1) is 0 Å². The third-order valence-electron chi connectivity index (χ3n) is 6.40. The van der Waals surface area contributed by atoms with Crippen LogP contribution in [0.1, 0.15) is 40.2 Å². The van der Waals surface area contributed by atoms with Crippen LogP contribution in [0.15, 0.2) is 60.7 Å². The lowest BCUT2D eigenvalue weighted by Gasteiger charge is -2.20. The molecule has 0 spiro atoms. The number of aromatic carboxylic acids is 1. The molecule has 0 aromatic heterocycles. The Bertz CT molecular complexity index is 1300. The summed E-state index contributed by atoms with van der Waals surface area (Å²) in [5.41, 5.74) is 3.28. The van der Waals surface area contributed by atoms with Gasteiger partial charge in [-0.25, -0.2) is 9.59 Å². The summed E-state index contributed by atoms with van der Waals surface area (Å²) in [4.78, 5) is 36.7. The second-order valence-electron chi connectivity index (χ2n) is 8.61. The third-order valence-corrected chi connectivity index (χ3v) is 6.99. The molecule has 2 amide bonds. The Morgan fingerprint density at radius 2 is 1.49 bits per heavy atom. The molecule has 1 fully saturated rings. The maximum Gasteiger partial charge on any atom is 0.408 e. The number of halogens is 2. The van der Waals surface area contributed by atoms with E-state index in [0.717, 1.165) is 22.3 Å². The number of benzene rings is 3. The van der Waals surface area contributed by atoms with Crippen LogP contribution in [0.25, 0.3) is 11.1 Å². The summed E-state index contributed by atoms with van der Waals surface area (Å²) in [5, 5.41) is 14.4. The smallest absolute Gasteiger partial charge is 0.408 e. The number of carboxylic acids is 1. The number of nitrogens with one attached hydrogen (secondary N) is 2. The van der Waals surface area contributed by atoms with E-state index in [0.29, 0.717) is 12.8 Å². The number of amides is 2. The number of ether oxygens (including phenoxy) is 1. The monoisotopic (exact) mass is 510 g/mol. The molecule has 178 valence electrons. The van der Waals surface area contributed by atoms with Crippen LogP contribution in [0, 0.1) is 0 Å². The average molecular weight is 511 g/mol. The van der Waals surface area contributed by atoms with Gasteiger partial charge in [0.2, 0.25) is 5.91 Å². The van der Waals surface area contributed by atoms with Crippen LogP contribution in [0.4, 0.5) is 10.5 Å². The minimum Gasteiger partial charge on any atom is -0.478 e. The van der Waals surface area contributed by atoms with Gasteiger partial charge in [0.15, 0.2) is 0 Å². The van der Waals surface area contributed by atoms with E-state index < -0.39 is 23.5 Å². The first-order chi connectivity index (χ1) is 16.8. The van der Waals surface area contributed by atoms with E-state index in [9.17, 15) is 14.4 Å². The van der Waals surface area contributed by atoms with E-state index in [-0.39, 0.29) is 33.8 Å². The Hall–Kier alpha value is -3.55. The number of fused-ring (bicyclic) bond motifs is 3. The standard InChI is InChI=1S/C26H20Cl2N2O5/c27-20-11-14(23(31)32)12-21(28)22(20)29-24(33)26(9-10-26)30-25(34)35-13-19-17-7-3-1-5-15(17)16-6-2-4-8-18(16)19/h1-8,11-12,19H,9-10,13H2,(H,29,33)(H,30,34)(H,31,32). The quantitative estimate of drug-likeness (QED) is 0.394. The van der Waals surface area contributed by atoms with Gasteiger partial charge in [-0.1, -0.05) is 71.7 Å². The molecule has 0 aliphatic heterocycles. The number of hydrogen-bond donors (Lipinski definition) is 3. The van der Waals surface area contributed by atoms with Crippen molar-refractivity contribution in [3.8, 4) is 11.1 Å². The summed E-state index contributed by atoms with van der Waals surface area (Å²) in [7, 11) is 0. The minimum absolute atomic E-state index is 0.0137. The van der Waals surface area contributed by atoms with E-state index in [1.54, 1.807) is 0 Å².